The lowest BCUT2D eigenvalue weighted by molar-refractivity contribution is 0.360. The molecule has 2 heterocycles. The maximum Gasteiger partial charge on any atom is 0.170 e. The first-order valence-electron chi connectivity index (χ1n) is 17.4. The van der Waals surface area contributed by atoms with Gasteiger partial charge in [0.25, 0.3) is 0 Å². The molecule has 0 N–H and O–H groups in total. The van der Waals surface area contributed by atoms with Gasteiger partial charge in [-0.2, -0.15) is 10.5 Å². The van der Waals surface area contributed by atoms with Crippen molar-refractivity contribution in [3.8, 4) is 102 Å². The van der Waals surface area contributed by atoms with E-state index in [1.54, 1.807) is 12.1 Å². The lowest BCUT2D eigenvalue weighted by Crippen LogP contribution is -2.01. The van der Waals surface area contributed by atoms with E-state index in [-0.39, 0.29) is 0 Å². The molecule has 252 valence electrons. The predicted octanol–water partition coefficient (Wildman–Crippen LogP) is 12.1. The van der Waals surface area contributed by atoms with Gasteiger partial charge in [0.1, 0.15) is 0 Å². The number of fused-ring (bicyclic) bond motifs is 2. The highest BCUT2D eigenvalue weighted by Gasteiger charge is 2.24. The topological polar surface area (TPSA) is 91.8 Å². The molecule has 7 aromatic carbocycles. The number of aromatic nitrogens is 2. The van der Waals surface area contributed by atoms with Crippen LogP contribution in [0.2, 0.25) is 0 Å². The molecule has 1 aliphatic heterocycles. The van der Waals surface area contributed by atoms with Crippen molar-refractivity contribution in [3.63, 3.8) is 0 Å². The Balaban J connectivity index is 1.12. The summed E-state index contributed by atoms with van der Waals surface area (Å²) in [6.45, 7) is 0. The third kappa shape index (κ3) is 6.22. The summed E-state index contributed by atoms with van der Waals surface area (Å²) in [5.74, 6) is 2.81. The van der Waals surface area contributed by atoms with Crippen molar-refractivity contribution in [3.05, 3.63) is 181 Å². The van der Waals surface area contributed by atoms with Gasteiger partial charge in [0.2, 0.25) is 0 Å². The molecular weight excluding hydrogens is 665 g/mol. The van der Waals surface area contributed by atoms with Crippen LogP contribution < -0.4 is 9.47 Å². The Morgan fingerprint density at radius 3 is 1.41 bits per heavy atom. The van der Waals surface area contributed by atoms with Crippen molar-refractivity contribution in [2.45, 2.75) is 0 Å². The van der Waals surface area contributed by atoms with Crippen LogP contribution in [0.5, 0.6) is 23.0 Å². The van der Waals surface area contributed by atoms with Crippen LogP contribution in [0.15, 0.2) is 170 Å². The Hall–Kier alpha value is -7.80. The van der Waals surface area contributed by atoms with Gasteiger partial charge in [-0.15, -0.1) is 0 Å². The second kappa shape index (κ2) is 13.7. The predicted molar refractivity (Wildman–Crippen MR) is 211 cm³/mol. The highest BCUT2D eigenvalue weighted by Crippen LogP contribution is 2.50. The molecule has 1 aliphatic rings. The van der Waals surface area contributed by atoms with Crippen LogP contribution in [0.1, 0.15) is 11.1 Å². The number of nitriles is 2. The van der Waals surface area contributed by atoms with Gasteiger partial charge in [-0.3, -0.25) is 0 Å². The van der Waals surface area contributed by atoms with Crippen LogP contribution in [0.25, 0.3) is 67.3 Å². The van der Waals surface area contributed by atoms with Crippen molar-refractivity contribution >= 4 is 0 Å². The highest BCUT2D eigenvalue weighted by molar-refractivity contribution is 5.87. The molecule has 54 heavy (non-hydrogen) atoms. The van der Waals surface area contributed by atoms with E-state index in [9.17, 15) is 10.5 Å². The number of benzene rings is 7. The number of hydrogen-bond donors (Lipinski definition) is 0. The Kier molecular flexibility index (Phi) is 8.17. The van der Waals surface area contributed by atoms with E-state index in [0.29, 0.717) is 39.9 Å². The van der Waals surface area contributed by atoms with Gasteiger partial charge in [0.05, 0.1) is 34.7 Å². The first-order valence-corrected chi connectivity index (χ1v) is 17.4. The largest absolute Gasteiger partial charge is 0.449 e. The summed E-state index contributed by atoms with van der Waals surface area (Å²) >= 11 is 0. The third-order valence-electron chi connectivity index (χ3n) is 9.41. The smallest absolute Gasteiger partial charge is 0.170 e. The molecule has 0 saturated heterocycles. The van der Waals surface area contributed by atoms with Gasteiger partial charge < -0.3 is 9.47 Å². The normalized spacial score (nSPS) is 11.2. The third-order valence-corrected chi connectivity index (χ3v) is 9.41. The van der Waals surface area contributed by atoms with E-state index in [4.69, 9.17) is 19.4 Å². The molecule has 0 amide bonds. The van der Waals surface area contributed by atoms with Crippen LogP contribution in [0, 0.1) is 22.7 Å². The minimum absolute atomic E-state index is 0.532. The minimum Gasteiger partial charge on any atom is -0.449 e. The van der Waals surface area contributed by atoms with Crippen LogP contribution >= 0.6 is 0 Å². The van der Waals surface area contributed by atoms with Gasteiger partial charge in [-0.1, -0.05) is 109 Å². The zero-order valence-corrected chi connectivity index (χ0v) is 28.8. The molecule has 0 radical (unpaired) electrons. The molecule has 0 bridgehead atoms. The fourth-order valence-electron chi connectivity index (χ4n) is 6.70. The van der Waals surface area contributed by atoms with Gasteiger partial charge in [0.15, 0.2) is 28.8 Å². The number of rotatable bonds is 6. The van der Waals surface area contributed by atoms with Crippen molar-refractivity contribution in [2.24, 2.45) is 0 Å². The SMILES string of the molecule is N#Cc1cccc(-c2cc3c(cc2-c2cccc(C#N)c2)Oc2cc(-c4cc(-c5ccc(-c6ccccc6)cc5)nc(-c5ccccc5)n4)ccc2O3)c1. The number of nitrogens with zero attached hydrogens (tertiary/aromatic N) is 4. The summed E-state index contributed by atoms with van der Waals surface area (Å²) in [6, 6.07) is 59.8. The molecule has 0 saturated carbocycles. The van der Waals surface area contributed by atoms with E-state index in [2.05, 4.69) is 48.5 Å². The zero-order valence-electron chi connectivity index (χ0n) is 28.8. The van der Waals surface area contributed by atoms with E-state index < -0.39 is 0 Å². The summed E-state index contributed by atoms with van der Waals surface area (Å²) < 4.78 is 13.1. The maximum atomic E-state index is 9.66. The zero-order chi connectivity index (χ0) is 36.4. The molecule has 9 rings (SSSR count). The molecule has 8 aromatic rings. The molecule has 0 aliphatic carbocycles. The van der Waals surface area contributed by atoms with Crippen molar-refractivity contribution in [1.82, 2.24) is 9.97 Å². The maximum absolute atomic E-state index is 9.66. The van der Waals surface area contributed by atoms with E-state index in [1.807, 2.05) is 121 Å². The molecule has 1 aromatic heterocycles. The highest BCUT2D eigenvalue weighted by atomic mass is 16.6. The monoisotopic (exact) mass is 692 g/mol. The Morgan fingerprint density at radius 1 is 0.352 bits per heavy atom. The second-order valence-corrected chi connectivity index (χ2v) is 12.9. The van der Waals surface area contributed by atoms with Gasteiger partial charge in [-0.25, -0.2) is 9.97 Å². The van der Waals surface area contributed by atoms with Crippen LogP contribution in [-0.2, 0) is 0 Å². The van der Waals surface area contributed by atoms with Crippen LogP contribution in [0.3, 0.4) is 0 Å². The fraction of sp³-hybridized carbons (Fsp3) is 0. The van der Waals surface area contributed by atoms with Crippen LogP contribution in [0.4, 0.5) is 0 Å². The Morgan fingerprint density at radius 2 is 0.815 bits per heavy atom. The van der Waals surface area contributed by atoms with E-state index in [1.165, 1.54) is 0 Å². The van der Waals surface area contributed by atoms with E-state index >= 15 is 0 Å². The number of hydrogen-bond acceptors (Lipinski definition) is 6. The minimum atomic E-state index is 0.532. The Bertz CT molecular complexity index is 2780. The summed E-state index contributed by atoms with van der Waals surface area (Å²) in [5.41, 5.74) is 11.0. The molecule has 6 nitrogen and oxygen atoms in total. The first kappa shape index (κ1) is 32.1. The van der Waals surface area contributed by atoms with Crippen molar-refractivity contribution < 1.29 is 9.47 Å². The summed E-state index contributed by atoms with van der Waals surface area (Å²) in [4.78, 5) is 10.0. The van der Waals surface area contributed by atoms with Gasteiger partial charge >= 0.3 is 0 Å². The van der Waals surface area contributed by atoms with Gasteiger partial charge in [-0.05, 0) is 94.0 Å². The fourth-order valence-corrected chi connectivity index (χ4v) is 6.70. The molecule has 6 heteroatoms. The molecule has 0 unspecified atom stereocenters. The van der Waals surface area contributed by atoms with E-state index in [0.717, 1.165) is 61.5 Å². The average molecular weight is 693 g/mol. The standard InChI is InChI=1S/C48H28N4O2/c49-29-31-9-7-15-37(23-31)40-26-46-47(27-41(40)38-16-8-10-32(24-38)30-50)54-45-25-39(21-22-44(45)53-46)43-28-42(51-48(52-43)36-13-5-2-6-14-36)35-19-17-34(18-20-35)33-11-3-1-4-12-33/h1-28H. The Labute approximate surface area is 312 Å². The average Bonchev–Trinajstić information content (AvgIpc) is 3.25. The quantitative estimate of drug-likeness (QED) is 0.172. The lowest BCUT2D eigenvalue weighted by atomic mass is 9.92. The second-order valence-electron chi connectivity index (χ2n) is 12.9. The molecule has 0 atom stereocenters. The van der Waals surface area contributed by atoms with Crippen molar-refractivity contribution in [2.75, 3.05) is 0 Å². The van der Waals surface area contributed by atoms with Crippen LogP contribution in [-0.4, -0.2) is 9.97 Å². The number of ether oxygens (including phenoxy) is 2. The van der Waals surface area contributed by atoms with Gasteiger partial charge in [0, 0.05) is 16.7 Å². The summed E-state index contributed by atoms with van der Waals surface area (Å²) in [6.07, 6.45) is 0. The summed E-state index contributed by atoms with van der Waals surface area (Å²) in [7, 11) is 0. The molecule has 0 spiro atoms. The lowest BCUT2D eigenvalue weighted by Gasteiger charge is -2.24. The first-order chi connectivity index (χ1) is 26.6. The van der Waals surface area contributed by atoms with Crippen molar-refractivity contribution in [1.29, 1.82) is 10.5 Å². The summed E-state index contributed by atoms with van der Waals surface area (Å²) in [5, 5.41) is 19.3. The molecule has 0 fully saturated rings. The molecular formula is C48H28N4O2.